The summed E-state index contributed by atoms with van der Waals surface area (Å²) in [7, 11) is 1.35. The average molecular weight is 436 g/mol. The summed E-state index contributed by atoms with van der Waals surface area (Å²) in [5.74, 6) is -0.336. The molecule has 0 aliphatic carbocycles. The number of carbonyl (C=O) groups is 2. The summed E-state index contributed by atoms with van der Waals surface area (Å²) in [5.41, 5.74) is 2.54. The highest BCUT2D eigenvalue weighted by molar-refractivity contribution is 5.97. The van der Waals surface area contributed by atoms with Gasteiger partial charge in [0.25, 0.3) is 5.56 Å². The highest BCUT2D eigenvalue weighted by Gasteiger charge is 2.20. The van der Waals surface area contributed by atoms with Crippen molar-refractivity contribution < 1.29 is 14.3 Å². The molecule has 1 aromatic heterocycles. The van der Waals surface area contributed by atoms with E-state index in [0.717, 1.165) is 23.8 Å². The lowest BCUT2D eigenvalue weighted by atomic mass is 10.0. The first-order valence-electron chi connectivity index (χ1n) is 10.9. The Morgan fingerprint density at radius 1 is 1.09 bits per heavy atom. The van der Waals surface area contributed by atoms with Crippen LogP contribution in [0, 0.1) is 0 Å². The Morgan fingerprint density at radius 2 is 1.81 bits per heavy atom. The standard InChI is InChI=1S/C25H29N3O4/c1-5-6-7-23(29)28(16(2)3)19-12-13-20-21(15-19)24(30)27-26-22(20)14-17-8-10-18(11-9-17)25(31)32-4/h8-13,15-16H,5-7,14H2,1-4H3,(H,27,30). The van der Waals surface area contributed by atoms with Gasteiger partial charge in [0, 0.05) is 30.0 Å². The molecule has 32 heavy (non-hydrogen) atoms. The minimum absolute atomic E-state index is 0.0227. The van der Waals surface area contributed by atoms with Gasteiger partial charge < -0.3 is 9.64 Å². The Bertz CT molecular complexity index is 1170. The predicted octanol–water partition coefficient (Wildman–Crippen LogP) is 4.23. The molecule has 3 rings (SSSR count). The van der Waals surface area contributed by atoms with E-state index < -0.39 is 0 Å². The van der Waals surface area contributed by atoms with Crippen LogP contribution in [-0.4, -0.2) is 35.2 Å². The topological polar surface area (TPSA) is 92.4 Å². The van der Waals surface area contributed by atoms with Gasteiger partial charge in [-0.15, -0.1) is 0 Å². The first-order valence-corrected chi connectivity index (χ1v) is 10.9. The lowest BCUT2D eigenvalue weighted by Crippen LogP contribution is -2.37. The van der Waals surface area contributed by atoms with Crippen molar-refractivity contribution in [1.82, 2.24) is 10.2 Å². The number of methoxy groups -OCH3 is 1. The zero-order chi connectivity index (χ0) is 23.3. The molecule has 0 aliphatic heterocycles. The Balaban J connectivity index is 1.95. The van der Waals surface area contributed by atoms with Crippen molar-refractivity contribution in [1.29, 1.82) is 0 Å². The molecule has 0 saturated heterocycles. The van der Waals surface area contributed by atoms with Gasteiger partial charge in [-0.1, -0.05) is 31.5 Å². The molecular weight excluding hydrogens is 406 g/mol. The summed E-state index contributed by atoms with van der Waals surface area (Å²) in [6.45, 7) is 5.99. The molecule has 1 N–H and O–H groups in total. The van der Waals surface area contributed by atoms with Crippen molar-refractivity contribution in [2.75, 3.05) is 12.0 Å². The van der Waals surface area contributed by atoms with Gasteiger partial charge >= 0.3 is 5.97 Å². The van der Waals surface area contributed by atoms with E-state index in [0.29, 0.717) is 35.2 Å². The maximum absolute atomic E-state index is 12.8. The van der Waals surface area contributed by atoms with E-state index in [-0.39, 0.29) is 23.5 Å². The fourth-order valence-corrected chi connectivity index (χ4v) is 3.74. The van der Waals surface area contributed by atoms with Crippen LogP contribution in [0.5, 0.6) is 0 Å². The van der Waals surface area contributed by atoms with Crippen LogP contribution >= 0.6 is 0 Å². The minimum atomic E-state index is -0.389. The number of benzene rings is 2. The summed E-state index contributed by atoms with van der Waals surface area (Å²) in [6, 6.07) is 12.6. The van der Waals surface area contributed by atoms with Crippen LogP contribution < -0.4 is 10.5 Å². The van der Waals surface area contributed by atoms with Crippen molar-refractivity contribution in [3.63, 3.8) is 0 Å². The Labute approximate surface area is 187 Å². The molecule has 7 nitrogen and oxygen atoms in total. The van der Waals surface area contributed by atoms with Gasteiger partial charge in [-0.2, -0.15) is 5.10 Å². The van der Waals surface area contributed by atoms with Crippen LogP contribution in [0.25, 0.3) is 10.8 Å². The third-order valence-electron chi connectivity index (χ3n) is 5.41. The SMILES string of the molecule is CCCCC(=O)N(c1ccc2c(Cc3ccc(C(=O)OC)cc3)n[nH]c(=O)c2c1)C(C)C. The third kappa shape index (κ3) is 5.04. The van der Waals surface area contributed by atoms with Crippen molar-refractivity contribution >= 4 is 28.3 Å². The number of aromatic nitrogens is 2. The number of aromatic amines is 1. The van der Waals surface area contributed by atoms with Crippen molar-refractivity contribution in [2.24, 2.45) is 0 Å². The highest BCUT2D eigenvalue weighted by Crippen LogP contribution is 2.25. The van der Waals surface area contributed by atoms with Crippen LogP contribution in [0.2, 0.25) is 0 Å². The second-order valence-electron chi connectivity index (χ2n) is 8.06. The number of amides is 1. The van der Waals surface area contributed by atoms with Gasteiger partial charge in [0.2, 0.25) is 5.91 Å². The van der Waals surface area contributed by atoms with E-state index in [1.54, 1.807) is 23.1 Å². The Morgan fingerprint density at radius 3 is 2.44 bits per heavy atom. The highest BCUT2D eigenvalue weighted by atomic mass is 16.5. The number of carbonyl (C=O) groups excluding carboxylic acids is 2. The number of hydrogen-bond donors (Lipinski definition) is 1. The summed E-state index contributed by atoms with van der Waals surface area (Å²) in [5, 5.41) is 8.06. The van der Waals surface area contributed by atoms with Gasteiger partial charge in [0.15, 0.2) is 0 Å². The molecule has 2 aromatic carbocycles. The molecule has 7 heteroatoms. The molecule has 0 fully saturated rings. The fourth-order valence-electron chi connectivity index (χ4n) is 3.74. The van der Waals surface area contributed by atoms with Crippen LogP contribution in [0.3, 0.4) is 0 Å². The molecule has 0 saturated carbocycles. The number of anilines is 1. The van der Waals surface area contributed by atoms with E-state index in [9.17, 15) is 14.4 Å². The zero-order valence-corrected chi connectivity index (χ0v) is 19.0. The lowest BCUT2D eigenvalue weighted by Gasteiger charge is -2.27. The summed E-state index contributed by atoms with van der Waals surface area (Å²) >= 11 is 0. The van der Waals surface area contributed by atoms with E-state index in [1.165, 1.54) is 7.11 Å². The molecule has 0 unspecified atom stereocenters. The number of H-pyrrole nitrogens is 1. The van der Waals surface area contributed by atoms with Gasteiger partial charge in [0.05, 0.1) is 23.8 Å². The summed E-state index contributed by atoms with van der Waals surface area (Å²) in [4.78, 5) is 38.7. The smallest absolute Gasteiger partial charge is 0.337 e. The number of unbranched alkanes of at least 4 members (excludes halogenated alkanes) is 1. The van der Waals surface area contributed by atoms with Crippen LogP contribution in [0.15, 0.2) is 47.3 Å². The molecule has 0 aliphatic rings. The van der Waals surface area contributed by atoms with E-state index >= 15 is 0 Å². The van der Waals surface area contributed by atoms with E-state index in [2.05, 4.69) is 17.1 Å². The first kappa shape index (κ1) is 23.2. The second-order valence-corrected chi connectivity index (χ2v) is 8.06. The average Bonchev–Trinajstić information content (AvgIpc) is 2.79. The maximum Gasteiger partial charge on any atom is 0.337 e. The number of hydrogen-bond acceptors (Lipinski definition) is 5. The maximum atomic E-state index is 12.8. The molecule has 168 valence electrons. The third-order valence-corrected chi connectivity index (χ3v) is 5.41. The van der Waals surface area contributed by atoms with Crippen molar-refractivity contribution in [3.05, 3.63) is 69.6 Å². The number of fused-ring (bicyclic) bond motifs is 1. The van der Waals surface area contributed by atoms with E-state index in [4.69, 9.17) is 4.74 Å². The quantitative estimate of drug-likeness (QED) is 0.535. The number of esters is 1. The molecule has 0 bridgehead atoms. The van der Waals surface area contributed by atoms with Crippen LogP contribution in [-0.2, 0) is 16.0 Å². The van der Waals surface area contributed by atoms with Crippen molar-refractivity contribution in [3.8, 4) is 0 Å². The number of ether oxygens (including phenoxy) is 1. The number of rotatable bonds is 8. The fraction of sp³-hybridized carbons (Fsp3) is 0.360. The zero-order valence-electron chi connectivity index (χ0n) is 19.0. The number of nitrogens with one attached hydrogen (secondary N) is 1. The van der Waals surface area contributed by atoms with Gasteiger partial charge in [-0.25, -0.2) is 9.89 Å². The molecule has 1 amide bonds. The van der Waals surface area contributed by atoms with E-state index in [1.807, 2.05) is 38.1 Å². The lowest BCUT2D eigenvalue weighted by molar-refractivity contribution is -0.119. The van der Waals surface area contributed by atoms with Gasteiger partial charge in [0.1, 0.15) is 0 Å². The van der Waals surface area contributed by atoms with Crippen LogP contribution in [0.4, 0.5) is 5.69 Å². The Hall–Kier alpha value is -3.48. The predicted molar refractivity (Wildman–Crippen MR) is 125 cm³/mol. The second kappa shape index (κ2) is 10.2. The first-order chi connectivity index (χ1) is 15.3. The van der Waals surface area contributed by atoms with Crippen molar-refractivity contribution in [2.45, 2.75) is 52.5 Å². The molecule has 1 heterocycles. The molecule has 0 atom stereocenters. The summed E-state index contributed by atoms with van der Waals surface area (Å²) < 4.78 is 4.73. The molecule has 3 aromatic rings. The monoisotopic (exact) mass is 435 g/mol. The largest absolute Gasteiger partial charge is 0.465 e. The Kier molecular flexibility index (Phi) is 7.41. The minimum Gasteiger partial charge on any atom is -0.465 e. The van der Waals surface area contributed by atoms with Gasteiger partial charge in [-0.05, 0) is 50.1 Å². The molecular formula is C25H29N3O4. The summed E-state index contributed by atoms with van der Waals surface area (Å²) in [6.07, 6.45) is 2.74. The number of nitrogens with zero attached hydrogens (tertiary/aromatic N) is 2. The molecule has 0 spiro atoms. The van der Waals surface area contributed by atoms with Crippen LogP contribution in [0.1, 0.15) is 61.6 Å². The molecule has 0 radical (unpaired) electrons. The normalized spacial score (nSPS) is 11.0. The van der Waals surface area contributed by atoms with Gasteiger partial charge in [-0.3, -0.25) is 9.59 Å².